The molecule has 1 heterocycles. The molecule has 4 rings (SSSR count). The van der Waals surface area contributed by atoms with Crippen LogP contribution in [0.5, 0.6) is 0 Å². The third-order valence-electron chi connectivity index (χ3n) is 4.49. The van der Waals surface area contributed by atoms with Crippen LogP contribution in [0, 0.1) is 6.92 Å². The number of carbonyl (C=O) groups is 1. The summed E-state index contributed by atoms with van der Waals surface area (Å²) in [6.45, 7) is 2.06. The summed E-state index contributed by atoms with van der Waals surface area (Å²) in [6.07, 6.45) is 1.65. The summed E-state index contributed by atoms with van der Waals surface area (Å²) in [5, 5.41) is 0. The first-order valence-electron chi connectivity index (χ1n) is 7.08. The van der Waals surface area contributed by atoms with Crippen LogP contribution in [0.3, 0.4) is 0 Å². The van der Waals surface area contributed by atoms with Gasteiger partial charge in [0.15, 0.2) is 11.4 Å². The molecular formula is C18H16O2. The van der Waals surface area contributed by atoms with Gasteiger partial charge < -0.3 is 4.74 Å². The normalized spacial score (nSPS) is 27.4. The molecule has 2 heteroatoms. The molecule has 0 aromatic heterocycles. The molecule has 2 aliphatic rings. The summed E-state index contributed by atoms with van der Waals surface area (Å²) < 4.78 is 5.89. The number of hydrogen-bond donors (Lipinski definition) is 0. The molecular weight excluding hydrogens is 248 g/mol. The Morgan fingerprint density at radius 2 is 1.85 bits per heavy atom. The molecule has 1 aliphatic carbocycles. The lowest BCUT2D eigenvalue weighted by Gasteiger charge is -2.20. The maximum Gasteiger partial charge on any atom is 0.198 e. The van der Waals surface area contributed by atoms with E-state index in [0.717, 1.165) is 29.5 Å². The van der Waals surface area contributed by atoms with Crippen molar-refractivity contribution in [2.75, 3.05) is 0 Å². The van der Waals surface area contributed by atoms with E-state index < -0.39 is 5.60 Å². The van der Waals surface area contributed by atoms with Crippen LogP contribution < -0.4 is 0 Å². The third-order valence-corrected chi connectivity index (χ3v) is 4.49. The van der Waals surface area contributed by atoms with Gasteiger partial charge in [0.2, 0.25) is 0 Å². The second kappa shape index (κ2) is 4.03. The Bertz CT molecular complexity index is 687. The fourth-order valence-corrected chi connectivity index (χ4v) is 3.24. The number of benzene rings is 2. The van der Waals surface area contributed by atoms with E-state index in [4.69, 9.17) is 4.74 Å². The van der Waals surface area contributed by atoms with Gasteiger partial charge in [-0.1, -0.05) is 54.1 Å². The van der Waals surface area contributed by atoms with Crippen molar-refractivity contribution in [2.24, 2.45) is 0 Å². The van der Waals surface area contributed by atoms with Crippen LogP contribution in [0.25, 0.3) is 0 Å². The zero-order valence-corrected chi connectivity index (χ0v) is 11.4. The molecule has 2 atom stereocenters. The summed E-state index contributed by atoms with van der Waals surface area (Å²) in [6, 6.07) is 16.2. The maximum absolute atomic E-state index is 12.7. The van der Waals surface area contributed by atoms with Crippen molar-refractivity contribution >= 4 is 5.78 Å². The lowest BCUT2D eigenvalue weighted by Crippen LogP contribution is -2.31. The van der Waals surface area contributed by atoms with Crippen LogP contribution in [0.2, 0.25) is 0 Å². The number of ketones is 1. The zero-order chi connectivity index (χ0) is 13.7. The molecule has 0 radical (unpaired) electrons. The summed E-state index contributed by atoms with van der Waals surface area (Å²) in [5.41, 5.74) is 3.74. The third kappa shape index (κ3) is 1.58. The summed E-state index contributed by atoms with van der Waals surface area (Å²) >= 11 is 0. The van der Waals surface area contributed by atoms with E-state index in [1.807, 2.05) is 24.3 Å². The Morgan fingerprint density at radius 3 is 2.65 bits per heavy atom. The van der Waals surface area contributed by atoms with Gasteiger partial charge in [-0.2, -0.15) is 0 Å². The van der Waals surface area contributed by atoms with Gasteiger partial charge in [-0.05, 0) is 30.9 Å². The Morgan fingerprint density at radius 1 is 1.10 bits per heavy atom. The maximum atomic E-state index is 12.7. The Balaban J connectivity index is 1.69. The first-order valence-corrected chi connectivity index (χ1v) is 7.08. The molecule has 1 aliphatic heterocycles. The molecule has 1 spiro atoms. The molecule has 0 saturated carbocycles. The molecule has 0 N–H and O–H groups in total. The van der Waals surface area contributed by atoms with Gasteiger partial charge in [0.05, 0.1) is 0 Å². The van der Waals surface area contributed by atoms with E-state index in [9.17, 15) is 4.79 Å². The fourth-order valence-electron chi connectivity index (χ4n) is 3.24. The molecule has 2 aromatic rings. The predicted octanol–water partition coefficient (Wildman–Crippen LogP) is 3.63. The molecule has 0 unspecified atom stereocenters. The number of ether oxygens (including phenoxy) is 1. The molecule has 1 saturated heterocycles. The number of rotatable bonds is 1. The second-order valence-corrected chi connectivity index (χ2v) is 5.78. The molecule has 20 heavy (non-hydrogen) atoms. The minimum absolute atomic E-state index is 0.0658. The lowest BCUT2D eigenvalue weighted by atomic mass is 9.79. The van der Waals surface area contributed by atoms with E-state index in [1.165, 1.54) is 5.56 Å². The van der Waals surface area contributed by atoms with E-state index in [-0.39, 0.29) is 11.9 Å². The van der Waals surface area contributed by atoms with Gasteiger partial charge in [0.1, 0.15) is 6.10 Å². The first-order chi connectivity index (χ1) is 9.71. The van der Waals surface area contributed by atoms with Crippen molar-refractivity contribution in [1.29, 1.82) is 0 Å². The Hall–Kier alpha value is -1.93. The highest BCUT2D eigenvalue weighted by atomic mass is 16.6. The molecule has 100 valence electrons. The van der Waals surface area contributed by atoms with Crippen molar-refractivity contribution in [3.8, 4) is 0 Å². The number of Topliss-reactive ketones (excluding diaryl/α,β-unsaturated/α-hetero) is 1. The van der Waals surface area contributed by atoms with Gasteiger partial charge in [-0.15, -0.1) is 0 Å². The quantitative estimate of drug-likeness (QED) is 0.736. The van der Waals surface area contributed by atoms with Gasteiger partial charge in [-0.3, -0.25) is 4.79 Å². The van der Waals surface area contributed by atoms with E-state index in [0.29, 0.717) is 0 Å². The highest BCUT2D eigenvalue weighted by Gasteiger charge is 2.63. The average molecular weight is 264 g/mol. The van der Waals surface area contributed by atoms with Crippen LogP contribution in [-0.4, -0.2) is 11.4 Å². The Labute approximate surface area is 118 Å². The first kappa shape index (κ1) is 11.9. The zero-order valence-electron chi connectivity index (χ0n) is 11.4. The van der Waals surface area contributed by atoms with Crippen molar-refractivity contribution in [3.05, 3.63) is 70.8 Å². The average Bonchev–Trinajstić information content (AvgIpc) is 3.20. The Kier molecular flexibility index (Phi) is 2.39. The largest absolute Gasteiger partial charge is 0.352 e. The fraction of sp³-hybridized carbons (Fsp3) is 0.278. The minimum atomic E-state index is -0.594. The molecule has 0 bridgehead atoms. The van der Waals surface area contributed by atoms with E-state index in [1.54, 1.807) is 0 Å². The SMILES string of the molecule is Cc1ccc([C@@H]2O[C@@]23CCc2ccccc2C3=O)cc1. The summed E-state index contributed by atoms with van der Waals surface area (Å²) in [7, 11) is 0. The molecule has 2 nitrogen and oxygen atoms in total. The van der Waals surface area contributed by atoms with Crippen LogP contribution in [0.4, 0.5) is 0 Å². The van der Waals surface area contributed by atoms with E-state index >= 15 is 0 Å². The smallest absolute Gasteiger partial charge is 0.198 e. The predicted molar refractivity (Wildman–Crippen MR) is 76.8 cm³/mol. The number of hydrogen-bond acceptors (Lipinski definition) is 2. The van der Waals surface area contributed by atoms with Crippen molar-refractivity contribution < 1.29 is 9.53 Å². The molecule has 2 aromatic carbocycles. The molecule has 1 fully saturated rings. The van der Waals surface area contributed by atoms with E-state index in [2.05, 4.69) is 31.2 Å². The van der Waals surface area contributed by atoms with Gasteiger partial charge >= 0.3 is 0 Å². The standard InChI is InChI=1S/C18H16O2/c1-12-6-8-14(9-7-12)17-18(20-17)11-10-13-4-2-3-5-15(13)16(18)19/h2-9,17H,10-11H2,1H3/t17-,18+/m0/s1. The van der Waals surface area contributed by atoms with Crippen molar-refractivity contribution in [1.82, 2.24) is 0 Å². The van der Waals surface area contributed by atoms with Crippen LogP contribution in [0.15, 0.2) is 48.5 Å². The highest BCUT2D eigenvalue weighted by molar-refractivity contribution is 6.07. The lowest BCUT2D eigenvalue weighted by molar-refractivity contribution is 0.0850. The second-order valence-electron chi connectivity index (χ2n) is 5.78. The van der Waals surface area contributed by atoms with Crippen molar-refractivity contribution in [2.45, 2.75) is 31.5 Å². The van der Waals surface area contributed by atoms with Crippen molar-refractivity contribution in [3.63, 3.8) is 0 Å². The highest BCUT2D eigenvalue weighted by Crippen LogP contribution is 2.56. The number of aryl methyl sites for hydroxylation is 2. The van der Waals surface area contributed by atoms with Gasteiger partial charge in [0, 0.05) is 5.56 Å². The van der Waals surface area contributed by atoms with Crippen LogP contribution in [-0.2, 0) is 11.2 Å². The number of carbonyl (C=O) groups excluding carboxylic acids is 1. The number of epoxide rings is 1. The molecule has 0 amide bonds. The number of fused-ring (bicyclic) bond motifs is 1. The topological polar surface area (TPSA) is 29.6 Å². The minimum Gasteiger partial charge on any atom is -0.352 e. The van der Waals surface area contributed by atoms with Crippen LogP contribution in [0.1, 0.15) is 39.6 Å². The van der Waals surface area contributed by atoms with Gasteiger partial charge in [-0.25, -0.2) is 0 Å². The summed E-state index contributed by atoms with van der Waals surface area (Å²) in [4.78, 5) is 12.7. The summed E-state index contributed by atoms with van der Waals surface area (Å²) in [5.74, 6) is 0.157. The monoisotopic (exact) mass is 264 g/mol. The van der Waals surface area contributed by atoms with Gasteiger partial charge in [0.25, 0.3) is 0 Å². The van der Waals surface area contributed by atoms with Crippen LogP contribution >= 0.6 is 0 Å².